The number of amides is 2. The Morgan fingerprint density at radius 2 is 1.73 bits per heavy atom. The molecule has 1 fully saturated rings. The van der Waals surface area contributed by atoms with Gasteiger partial charge >= 0.3 is 0 Å². The maximum atomic E-state index is 13.5. The second-order valence-corrected chi connectivity index (χ2v) is 9.49. The van der Waals surface area contributed by atoms with Crippen molar-refractivity contribution in [2.24, 2.45) is 5.92 Å². The molecule has 0 spiro atoms. The van der Waals surface area contributed by atoms with Crippen LogP contribution < -0.4 is 21.1 Å². The lowest BCUT2D eigenvalue weighted by atomic mass is 9.82. The van der Waals surface area contributed by atoms with E-state index < -0.39 is 0 Å². The van der Waals surface area contributed by atoms with Crippen molar-refractivity contribution in [3.63, 3.8) is 0 Å². The first kappa shape index (κ1) is 24.4. The molecule has 1 saturated carbocycles. The standard InChI is InChI=1S/C29H28FN3O4/c1-15-10-19(11-15)33-28(34)22-12-17(6-9-24(22)36-3)20-13-21-25(14-23(20)31)37-27(26(21)29(35)32-2)16-4-7-18(30)8-5-16/h4-9,12-15,19H,10-11,31H2,1-3H3,(H,32,35)(H,33,34). The van der Waals surface area contributed by atoms with E-state index in [0.29, 0.717) is 61.9 Å². The average molecular weight is 502 g/mol. The summed E-state index contributed by atoms with van der Waals surface area (Å²) in [4.78, 5) is 26.0. The third kappa shape index (κ3) is 4.50. The van der Waals surface area contributed by atoms with E-state index >= 15 is 0 Å². The van der Waals surface area contributed by atoms with Crippen molar-refractivity contribution in [2.75, 3.05) is 19.9 Å². The van der Waals surface area contributed by atoms with Gasteiger partial charge in [0.1, 0.15) is 22.9 Å². The number of nitrogen functional groups attached to an aromatic ring is 1. The summed E-state index contributed by atoms with van der Waals surface area (Å²) in [6, 6.07) is 14.6. The molecule has 1 aromatic heterocycles. The number of anilines is 1. The summed E-state index contributed by atoms with van der Waals surface area (Å²) in [6.07, 6.45) is 1.91. The first-order valence-electron chi connectivity index (χ1n) is 12.1. The minimum Gasteiger partial charge on any atom is -0.496 e. The number of carbonyl (C=O) groups is 2. The Hall–Kier alpha value is -4.33. The van der Waals surface area contributed by atoms with Gasteiger partial charge in [-0.3, -0.25) is 9.59 Å². The predicted octanol–water partition coefficient (Wildman–Crippen LogP) is 5.38. The molecule has 0 unspecified atom stereocenters. The molecule has 7 nitrogen and oxygen atoms in total. The fourth-order valence-corrected chi connectivity index (χ4v) is 4.90. The molecule has 2 amide bonds. The fraction of sp³-hybridized carbons (Fsp3) is 0.241. The largest absolute Gasteiger partial charge is 0.496 e. The van der Waals surface area contributed by atoms with Crippen LogP contribution in [0.15, 0.2) is 59.0 Å². The number of carbonyl (C=O) groups excluding carboxylic acids is 2. The van der Waals surface area contributed by atoms with Gasteiger partial charge in [-0.1, -0.05) is 13.0 Å². The van der Waals surface area contributed by atoms with Crippen LogP contribution in [-0.2, 0) is 0 Å². The highest BCUT2D eigenvalue weighted by atomic mass is 19.1. The van der Waals surface area contributed by atoms with Crippen molar-refractivity contribution in [2.45, 2.75) is 25.8 Å². The number of benzene rings is 3. The third-order valence-corrected chi connectivity index (χ3v) is 6.88. The first-order chi connectivity index (χ1) is 17.8. The van der Waals surface area contributed by atoms with E-state index in [-0.39, 0.29) is 23.7 Å². The van der Waals surface area contributed by atoms with Gasteiger partial charge in [0.25, 0.3) is 11.8 Å². The van der Waals surface area contributed by atoms with Crippen molar-refractivity contribution in [1.29, 1.82) is 0 Å². The number of hydrogen-bond donors (Lipinski definition) is 3. The van der Waals surface area contributed by atoms with E-state index in [9.17, 15) is 14.0 Å². The lowest BCUT2D eigenvalue weighted by molar-refractivity contribution is 0.0892. The topological polar surface area (TPSA) is 107 Å². The monoisotopic (exact) mass is 501 g/mol. The summed E-state index contributed by atoms with van der Waals surface area (Å²) in [6.45, 7) is 2.16. The van der Waals surface area contributed by atoms with Gasteiger partial charge in [0.05, 0.1) is 18.2 Å². The SMILES string of the molecule is CNC(=O)c1c(-c2ccc(F)cc2)oc2cc(N)c(-c3ccc(OC)c(C(=O)NC4CC(C)C4)c3)cc12. The normalized spacial score (nSPS) is 16.8. The summed E-state index contributed by atoms with van der Waals surface area (Å²) in [7, 11) is 3.06. The molecular weight excluding hydrogens is 473 g/mol. The summed E-state index contributed by atoms with van der Waals surface area (Å²) in [5.41, 5.74) is 9.88. The number of halogens is 1. The highest BCUT2D eigenvalue weighted by Gasteiger charge is 2.28. The Kier molecular flexibility index (Phi) is 6.33. The van der Waals surface area contributed by atoms with Crippen molar-refractivity contribution in [3.8, 4) is 28.2 Å². The smallest absolute Gasteiger partial charge is 0.255 e. The van der Waals surface area contributed by atoms with Gasteiger partial charge in [0.15, 0.2) is 0 Å². The van der Waals surface area contributed by atoms with Crippen LogP contribution in [0.25, 0.3) is 33.4 Å². The Bertz CT molecular complexity index is 1500. The van der Waals surface area contributed by atoms with Crippen LogP contribution in [0.5, 0.6) is 5.75 Å². The molecule has 4 aromatic rings. The molecule has 3 aromatic carbocycles. The lowest BCUT2D eigenvalue weighted by Gasteiger charge is -2.33. The van der Waals surface area contributed by atoms with E-state index in [0.717, 1.165) is 12.8 Å². The van der Waals surface area contributed by atoms with E-state index in [1.807, 2.05) is 6.07 Å². The highest BCUT2D eigenvalue weighted by Crippen LogP contribution is 2.39. The van der Waals surface area contributed by atoms with Gasteiger partial charge in [-0.25, -0.2) is 4.39 Å². The van der Waals surface area contributed by atoms with Gasteiger partial charge in [-0.15, -0.1) is 0 Å². The highest BCUT2D eigenvalue weighted by molar-refractivity contribution is 6.12. The summed E-state index contributed by atoms with van der Waals surface area (Å²) >= 11 is 0. The van der Waals surface area contributed by atoms with Gasteiger partial charge in [0.2, 0.25) is 0 Å². The number of furan rings is 1. The van der Waals surface area contributed by atoms with Crippen LogP contribution in [0, 0.1) is 11.7 Å². The number of nitrogens with two attached hydrogens (primary N) is 1. The van der Waals surface area contributed by atoms with Crippen LogP contribution in [-0.4, -0.2) is 32.0 Å². The molecule has 1 aliphatic rings. The summed E-state index contributed by atoms with van der Waals surface area (Å²) < 4.78 is 25.0. The molecule has 0 bridgehead atoms. The Balaban J connectivity index is 1.61. The number of fused-ring (bicyclic) bond motifs is 1. The zero-order valence-corrected chi connectivity index (χ0v) is 20.9. The summed E-state index contributed by atoms with van der Waals surface area (Å²) in [5, 5.41) is 6.27. The predicted molar refractivity (Wildman–Crippen MR) is 141 cm³/mol. The van der Waals surface area contributed by atoms with Crippen LogP contribution in [0.3, 0.4) is 0 Å². The minimum atomic E-state index is -0.390. The van der Waals surface area contributed by atoms with Crippen molar-refractivity contribution < 1.29 is 23.1 Å². The van der Waals surface area contributed by atoms with Crippen LogP contribution in [0.2, 0.25) is 0 Å². The molecule has 1 heterocycles. The van der Waals surface area contributed by atoms with E-state index in [1.165, 1.54) is 26.3 Å². The number of hydrogen-bond acceptors (Lipinski definition) is 5. The van der Waals surface area contributed by atoms with Gasteiger partial charge in [0, 0.05) is 41.4 Å². The number of methoxy groups -OCH3 is 1. The van der Waals surface area contributed by atoms with Crippen molar-refractivity contribution >= 4 is 28.5 Å². The molecule has 1 aliphatic carbocycles. The zero-order valence-electron chi connectivity index (χ0n) is 20.9. The maximum absolute atomic E-state index is 13.5. The lowest BCUT2D eigenvalue weighted by Crippen LogP contribution is -2.43. The molecular formula is C29H28FN3O4. The Morgan fingerprint density at radius 3 is 2.38 bits per heavy atom. The first-order valence-corrected chi connectivity index (χ1v) is 12.1. The van der Waals surface area contributed by atoms with Crippen LogP contribution in [0.1, 0.15) is 40.5 Å². The molecule has 4 N–H and O–H groups in total. The molecule has 0 saturated heterocycles. The molecule has 0 radical (unpaired) electrons. The number of nitrogens with one attached hydrogen (secondary N) is 2. The zero-order chi connectivity index (χ0) is 26.3. The van der Waals surface area contributed by atoms with Crippen LogP contribution in [0.4, 0.5) is 10.1 Å². The second-order valence-electron chi connectivity index (χ2n) is 9.49. The molecule has 190 valence electrons. The van der Waals surface area contributed by atoms with Gasteiger partial charge < -0.3 is 25.5 Å². The number of rotatable bonds is 6. The average Bonchev–Trinajstić information content (AvgIpc) is 3.24. The van der Waals surface area contributed by atoms with E-state index in [4.69, 9.17) is 14.9 Å². The summed E-state index contributed by atoms with van der Waals surface area (Å²) in [5.74, 6) is 0.437. The molecule has 8 heteroatoms. The molecule has 0 aliphatic heterocycles. The van der Waals surface area contributed by atoms with Crippen molar-refractivity contribution in [3.05, 3.63) is 71.5 Å². The van der Waals surface area contributed by atoms with Crippen LogP contribution >= 0.6 is 0 Å². The van der Waals surface area contributed by atoms with Gasteiger partial charge in [-0.05, 0) is 66.8 Å². The second kappa shape index (κ2) is 9.61. The molecule has 5 rings (SSSR count). The maximum Gasteiger partial charge on any atom is 0.255 e. The van der Waals surface area contributed by atoms with Crippen molar-refractivity contribution in [1.82, 2.24) is 10.6 Å². The molecule has 0 atom stereocenters. The quantitative estimate of drug-likeness (QED) is 0.307. The fourth-order valence-electron chi connectivity index (χ4n) is 4.90. The third-order valence-electron chi connectivity index (χ3n) is 6.88. The number of ether oxygens (including phenoxy) is 1. The Labute approximate surface area is 213 Å². The van der Waals surface area contributed by atoms with Gasteiger partial charge in [-0.2, -0.15) is 0 Å². The van der Waals surface area contributed by atoms with E-state index in [1.54, 1.807) is 36.4 Å². The van der Waals surface area contributed by atoms with E-state index in [2.05, 4.69) is 17.6 Å². The molecule has 37 heavy (non-hydrogen) atoms. The Morgan fingerprint density at radius 1 is 1.03 bits per heavy atom. The minimum absolute atomic E-state index is 0.156.